The maximum Gasteiger partial charge on any atom is 0.251 e. The van der Waals surface area contributed by atoms with Crippen LogP contribution in [-0.2, 0) is 4.79 Å². The molecule has 0 spiro atoms. The Morgan fingerprint density at radius 3 is 2.68 bits per heavy atom. The van der Waals surface area contributed by atoms with Crippen LogP contribution in [0.15, 0.2) is 18.2 Å². The van der Waals surface area contributed by atoms with E-state index in [1.807, 2.05) is 6.92 Å². The van der Waals surface area contributed by atoms with Gasteiger partial charge in [0.05, 0.1) is 0 Å². The summed E-state index contributed by atoms with van der Waals surface area (Å²) in [5.74, 6) is -0.207. The number of aryl methyl sites for hydroxylation is 1. The molecule has 0 radical (unpaired) electrons. The fourth-order valence-electron chi connectivity index (χ4n) is 1.86. The molecule has 2 rings (SSSR count). The van der Waals surface area contributed by atoms with Crippen LogP contribution in [0.2, 0.25) is 0 Å². The average Bonchev–Trinajstić information content (AvgIpc) is 3.11. The van der Waals surface area contributed by atoms with Crippen LogP contribution in [0.1, 0.15) is 35.2 Å². The predicted octanol–water partition coefficient (Wildman–Crippen LogP) is 0.976. The summed E-state index contributed by atoms with van der Waals surface area (Å²) in [6.07, 6.45) is 2.45. The van der Waals surface area contributed by atoms with E-state index < -0.39 is 0 Å². The number of nitrogens with one attached hydrogen (secondary N) is 2. The SMILES string of the molecule is Cc1cc(N)cc(C(=O)NCCC(=O)NC2CC2)c1. The highest BCUT2D eigenvalue weighted by Gasteiger charge is 2.22. The number of carbonyl (C=O) groups is 2. The van der Waals surface area contributed by atoms with Crippen LogP contribution in [0.4, 0.5) is 5.69 Å². The molecular formula is C14H19N3O2. The Kier molecular flexibility index (Phi) is 4.04. The van der Waals surface area contributed by atoms with Gasteiger partial charge in [-0.05, 0) is 43.5 Å². The zero-order valence-electron chi connectivity index (χ0n) is 11.0. The largest absolute Gasteiger partial charge is 0.399 e. The number of benzene rings is 1. The highest BCUT2D eigenvalue weighted by molar-refractivity contribution is 5.95. The van der Waals surface area contributed by atoms with E-state index in [2.05, 4.69) is 10.6 Å². The second-order valence-corrected chi connectivity index (χ2v) is 4.98. The van der Waals surface area contributed by atoms with Gasteiger partial charge in [0, 0.05) is 30.3 Å². The fraction of sp³-hybridized carbons (Fsp3) is 0.429. The van der Waals surface area contributed by atoms with Crippen LogP contribution in [0.3, 0.4) is 0 Å². The van der Waals surface area contributed by atoms with Gasteiger partial charge in [0.2, 0.25) is 5.91 Å². The van der Waals surface area contributed by atoms with Crippen LogP contribution < -0.4 is 16.4 Å². The Bertz CT molecular complexity index is 475. The zero-order valence-corrected chi connectivity index (χ0v) is 11.0. The minimum Gasteiger partial charge on any atom is -0.399 e. The molecule has 1 aliphatic carbocycles. The second-order valence-electron chi connectivity index (χ2n) is 4.98. The molecule has 19 heavy (non-hydrogen) atoms. The molecule has 0 aliphatic heterocycles. The van der Waals surface area contributed by atoms with Gasteiger partial charge in [-0.2, -0.15) is 0 Å². The number of amides is 2. The third-order valence-electron chi connectivity index (χ3n) is 2.94. The molecule has 2 amide bonds. The summed E-state index contributed by atoms with van der Waals surface area (Å²) in [6, 6.07) is 5.57. The first-order chi connectivity index (χ1) is 9.04. The van der Waals surface area contributed by atoms with Crippen LogP contribution in [0.5, 0.6) is 0 Å². The summed E-state index contributed by atoms with van der Waals surface area (Å²) in [5.41, 5.74) is 7.73. The fourth-order valence-corrected chi connectivity index (χ4v) is 1.86. The summed E-state index contributed by atoms with van der Waals surface area (Å²) in [7, 11) is 0. The molecule has 5 nitrogen and oxygen atoms in total. The van der Waals surface area contributed by atoms with Crippen molar-refractivity contribution in [3.8, 4) is 0 Å². The van der Waals surface area contributed by atoms with Crippen molar-refractivity contribution < 1.29 is 9.59 Å². The van der Waals surface area contributed by atoms with Gasteiger partial charge in [0.1, 0.15) is 0 Å². The van der Waals surface area contributed by atoms with Crippen molar-refractivity contribution in [2.24, 2.45) is 0 Å². The molecule has 0 bridgehead atoms. The van der Waals surface area contributed by atoms with Gasteiger partial charge >= 0.3 is 0 Å². The Morgan fingerprint density at radius 1 is 1.32 bits per heavy atom. The number of anilines is 1. The van der Waals surface area contributed by atoms with Crippen LogP contribution >= 0.6 is 0 Å². The average molecular weight is 261 g/mol. The third kappa shape index (κ3) is 4.28. The first-order valence-corrected chi connectivity index (χ1v) is 6.49. The Labute approximate surface area is 112 Å². The molecule has 1 aromatic rings. The normalized spacial score (nSPS) is 13.9. The number of carbonyl (C=O) groups excluding carboxylic acids is 2. The molecule has 0 aromatic heterocycles. The van der Waals surface area contributed by atoms with Crippen molar-refractivity contribution >= 4 is 17.5 Å². The molecule has 0 unspecified atom stereocenters. The lowest BCUT2D eigenvalue weighted by atomic mass is 10.1. The van der Waals surface area contributed by atoms with Gasteiger partial charge in [-0.25, -0.2) is 0 Å². The van der Waals surface area contributed by atoms with Gasteiger partial charge in [0.15, 0.2) is 0 Å². The molecule has 0 heterocycles. The van der Waals surface area contributed by atoms with E-state index in [0.29, 0.717) is 30.3 Å². The minimum absolute atomic E-state index is 0.00782. The molecule has 0 atom stereocenters. The third-order valence-corrected chi connectivity index (χ3v) is 2.94. The van der Waals surface area contributed by atoms with Crippen LogP contribution in [0.25, 0.3) is 0 Å². The number of nitrogen functional groups attached to an aromatic ring is 1. The lowest BCUT2D eigenvalue weighted by molar-refractivity contribution is -0.121. The summed E-state index contributed by atoms with van der Waals surface area (Å²) >= 11 is 0. The predicted molar refractivity (Wildman–Crippen MR) is 73.7 cm³/mol. The summed E-state index contributed by atoms with van der Waals surface area (Å²) < 4.78 is 0. The monoisotopic (exact) mass is 261 g/mol. The Balaban J connectivity index is 1.78. The van der Waals surface area contributed by atoms with Crippen LogP contribution in [0, 0.1) is 6.92 Å². The molecular weight excluding hydrogens is 242 g/mol. The first-order valence-electron chi connectivity index (χ1n) is 6.49. The van der Waals surface area contributed by atoms with Gasteiger partial charge in [-0.3, -0.25) is 9.59 Å². The summed E-state index contributed by atoms with van der Waals surface area (Å²) in [4.78, 5) is 23.3. The lowest BCUT2D eigenvalue weighted by Gasteiger charge is -2.07. The number of nitrogens with two attached hydrogens (primary N) is 1. The number of hydrogen-bond acceptors (Lipinski definition) is 3. The molecule has 1 fully saturated rings. The first kappa shape index (κ1) is 13.4. The summed E-state index contributed by atoms with van der Waals surface area (Å²) in [6.45, 7) is 2.22. The quantitative estimate of drug-likeness (QED) is 0.691. The molecule has 5 heteroatoms. The van der Waals surface area contributed by atoms with Crippen molar-refractivity contribution in [1.82, 2.24) is 10.6 Å². The van der Waals surface area contributed by atoms with Crippen molar-refractivity contribution in [3.05, 3.63) is 29.3 Å². The number of hydrogen-bond donors (Lipinski definition) is 3. The number of rotatable bonds is 5. The molecule has 1 aliphatic rings. The minimum atomic E-state index is -0.199. The van der Waals surface area contributed by atoms with E-state index in [1.54, 1.807) is 18.2 Å². The second kappa shape index (κ2) is 5.73. The van der Waals surface area contributed by atoms with Crippen molar-refractivity contribution in [2.45, 2.75) is 32.2 Å². The summed E-state index contributed by atoms with van der Waals surface area (Å²) in [5, 5.41) is 5.60. The van der Waals surface area contributed by atoms with Crippen molar-refractivity contribution in [1.29, 1.82) is 0 Å². The molecule has 1 aromatic carbocycles. The van der Waals surface area contributed by atoms with E-state index in [1.165, 1.54) is 0 Å². The maximum absolute atomic E-state index is 11.9. The zero-order chi connectivity index (χ0) is 13.8. The van der Waals surface area contributed by atoms with E-state index in [-0.39, 0.29) is 11.8 Å². The lowest BCUT2D eigenvalue weighted by Crippen LogP contribution is -2.31. The standard InChI is InChI=1S/C14H19N3O2/c1-9-6-10(8-11(15)7-9)14(19)16-5-4-13(18)17-12-2-3-12/h6-8,12H,2-5,15H2,1H3,(H,16,19)(H,17,18). The molecule has 0 saturated heterocycles. The smallest absolute Gasteiger partial charge is 0.251 e. The highest BCUT2D eigenvalue weighted by atomic mass is 16.2. The topological polar surface area (TPSA) is 84.2 Å². The van der Waals surface area contributed by atoms with Gasteiger partial charge < -0.3 is 16.4 Å². The van der Waals surface area contributed by atoms with Crippen molar-refractivity contribution in [2.75, 3.05) is 12.3 Å². The van der Waals surface area contributed by atoms with Gasteiger partial charge in [-0.1, -0.05) is 0 Å². The maximum atomic E-state index is 11.9. The van der Waals surface area contributed by atoms with E-state index in [0.717, 1.165) is 18.4 Å². The molecule has 102 valence electrons. The Morgan fingerprint density at radius 2 is 2.05 bits per heavy atom. The molecule has 1 saturated carbocycles. The van der Waals surface area contributed by atoms with Gasteiger partial charge in [0.25, 0.3) is 5.91 Å². The van der Waals surface area contributed by atoms with Gasteiger partial charge in [-0.15, -0.1) is 0 Å². The van der Waals surface area contributed by atoms with E-state index >= 15 is 0 Å². The Hall–Kier alpha value is -2.04. The highest BCUT2D eigenvalue weighted by Crippen LogP contribution is 2.18. The van der Waals surface area contributed by atoms with Crippen molar-refractivity contribution in [3.63, 3.8) is 0 Å². The van der Waals surface area contributed by atoms with Crippen LogP contribution in [-0.4, -0.2) is 24.4 Å². The van der Waals surface area contributed by atoms with E-state index in [4.69, 9.17) is 5.73 Å². The van der Waals surface area contributed by atoms with E-state index in [9.17, 15) is 9.59 Å². The molecule has 4 N–H and O–H groups in total.